The molecule has 116 valence electrons. The van der Waals surface area contributed by atoms with Crippen LogP contribution in [0.3, 0.4) is 0 Å². The van der Waals surface area contributed by atoms with Crippen LogP contribution in [0.5, 0.6) is 0 Å². The van der Waals surface area contributed by atoms with Crippen molar-refractivity contribution in [2.45, 2.75) is 70.9 Å². The Morgan fingerprint density at radius 2 is 1.62 bits per heavy atom. The lowest BCUT2D eigenvalue weighted by Crippen LogP contribution is -2.41. The van der Waals surface area contributed by atoms with E-state index in [4.69, 9.17) is 0 Å². The highest BCUT2D eigenvalue weighted by Crippen LogP contribution is 2.41. The fourth-order valence-electron chi connectivity index (χ4n) is 4.61. The molecule has 2 fully saturated rings. The van der Waals surface area contributed by atoms with Crippen LogP contribution in [0, 0.1) is 17.8 Å². The normalized spacial score (nSPS) is 30.9. The number of fused-ring (bicyclic) bond motifs is 1. The van der Waals surface area contributed by atoms with Crippen LogP contribution in [0.2, 0.25) is 0 Å². The van der Waals surface area contributed by atoms with E-state index in [1.165, 1.54) is 50.5 Å². The van der Waals surface area contributed by atoms with Gasteiger partial charge in [-0.15, -0.1) is 0 Å². The maximum atomic E-state index is 4.00. The van der Waals surface area contributed by atoms with Crippen molar-refractivity contribution in [2.75, 3.05) is 0 Å². The van der Waals surface area contributed by atoms with Crippen molar-refractivity contribution in [3.05, 3.63) is 35.9 Å². The molecule has 2 aliphatic rings. The Hall–Kier alpha value is -0.820. The Morgan fingerprint density at radius 1 is 0.905 bits per heavy atom. The van der Waals surface area contributed by atoms with Gasteiger partial charge in [0.2, 0.25) is 0 Å². The number of hydrogen-bond acceptors (Lipinski definition) is 1. The van der Waals surface area contributed by atoms with Crippen molar-refractivity contribution in [2.24, 2.45) is 17.8 Å². The summed E-state index contributed by atoms with van der Waals surface area (Å²) in [4.78, 5) is 0. The molecule has 21 heavy (non-hydrogen) atoms. The van der Waals surface area contributed by atoms with Crippen molar-refractivity contribution in [3.63, 3.8) is 0 Å². The molecule has 1 nitrogen and oxygen atoms in total. The Morgan fingerprint density at radius 3 is 2.33 bits per heavy atom. The summed E-state index contributed by atoms with van der Waals surface area (Å²) in [5.74, 6) is 2.70. The van der Waals surface area contributed by atoms with Crippen LogP contribution < -0.4 is 5.32 Å². The van der Waals surface area contributed by atoms with E-state index in [2.05, 4.69) is 49.5 Å². The standard InChI is InChI=1S/C20H31N/c1-15(2)20(17-9-4-3-5-10-17)21-19-13-12-16-8-6-7-11-18(16)14-19/h3-5,9-10,15-16,18-21H,6-8,11-14H2,1-2H3. The van der Waals surface area contributed by atoms with Gasteiger partial charge in [0.25, 0.3) is 0 Å². The molecule has 1 aromatic rings. The van der Waals surface area contributed by atoms with Crippen LogP contribution in [-0.4, -0.2) is 6.04 Å². The lowest BCUT2D eigenvalue weighted by Gasteiger charge is -2.41. The zero-order chi connectivity index (χ0) is 14.7. The number of hydrogen-bond donors (Lipinski definition) is 1. The lowest BCUT2D eigenvalue weighted by molar-refractivity contribution is 0.134. The summed E-state index contributed by atoms with van der Waals surface area (Å²) in [5, 5.41) is 4.00. The van der Waals surface area contributed by atoms with Gasteiger partial charge in [-0.2, -0.15) is 0 Å². The summed E-state index contributed by atoms with van der Waals surface area (Å²) in [5.41, 5.74) is 1.46. The number of benzene rings is 1. The molecule has 0 bridgehead atoms. The average Bonchev–Trinajstić information content (AvgIpc) is 2.53. The zero-order valence-corrected chi connectivity index (χ0v) is 13.7. The molecule has 4 unspecified atom stereocenters. The highest BCUT2D eigenvalue weighted by Gasteiger charge is 2.33. The summed E-state index contributed by atoms with van der Waals surface area (Å²) < 4.78 is 0. The highest BCUT2D eigenvalue weighted by atomic mass is 15.0. The van der Waals surface area contributed by atoms with E-state index >= 15 is 0 Å². The first-order chi connectivity index (χ1) is 10.2. The van der Waals surface area contributed by atoms with Gasteiger partial charge in [0.05, 0.1) is 0 Å². The Kier molecular flexibility index (Phi) is 5.00. The molecule has 1 heteroatoms. The zero-order valence-electron chi connectivity index (χ0n) is 13.7. The predicted octanol–water partition coefficient (Wildman–Crippen LogP) is 5.33. The van der Waals surface area contributed by atoms with Crippen LogP contribution in [0.4, 0.5) is 0 Å². The molecule has 0 heterocycles. The average molecular weight is 285 g/mol. The van der Waals surface area contributed by atoms with Crippen molar-refractivity contribution in [1.82, 2.24) is 5.32 Å². The third-order valence-corrected chi connectivity index (χ3v) is 5.78. The minimum Gasteiger partial charge on any atom is -0.307 e. The first-order valence-corrected chi connectivity index (χ1v) is 9.05. The van der Waals surface area contributed by atoms with Crippen LogP contribution >= 0.6 is 0 Å². The molecule has 4 atom stereocenters. The monoisotopic (exact) mass is 285 g/mol. The van der Waals surface area contributed by atoms with Crippen molar-refractivity contribution in [1.29, 1.82) is 0 Å². The smallest absolute Gasteiger partial charge is 0.0345 e. The Labute approximate surface area is 130 Å². The highest BCUT2D eigenvalue weighted by molar-refractivity contribution is 5.19. The van der Waals surface area contributed by atoms with E-state index in [1.54, 1.807) is 0 Å². The maximum Gasteiger partial charge on any atom is 0.0345 e. The second kappa shape index (κ2) is 6.96. The van der Waals surface area contributed by atoms with Gasteiger partial charge in [0, 0.05) is 12.1 Å². The van der Waals surface area contributed by atoms with Gasteiger partial charge in [-0.25, -0.2) is 0 Å². The Bertz CT molecular complexity index is 425. The topological polar surface area (TPSA) is 12.0 Å². The predicted molar refractivity (Wildman–Crippen MR) is 90.2 cm³/mol. The fraction of sp³-hybridized carbons (Fsp3) is 0.700. The van der Waals surface area contributed by atoms with Crippen LogP contribution in [-0.2, 0) is 0 Å². The Balaban J connectivity index is 1.64. The lowest BCUT2D eigenvalue weighted by atomic mass is 9.69. The van der Waals surface area contributed by atoms with E-state index in [1.807, 2.05) is 0 Å². The molecule has 3 rings (SSSR count). The fourth-order valence-corrected chi connectivity index (χ4v) is 4.61. The minimum atomic E-state index is 0.511. The van der Waals surface area contributed by atoms with Gasteiger partial charge < -0.3 is 5.32 Å². The molecular formula is C20H31N. The quantitative estimate of drug-likeness (QED) is 0.788. The van der Waals surface area contributed by atoms with E-state index in [-0.39, 0.29) is 0 Å². The van der Waals surface area contributed by atoms with Gasteiger partial charge >= 0.3 is 0 Å². The molecule has 1 N–H and O–H groups in total. The number of rotatable bonds is 4. The van der Waals surface area contributed by atoms with Gasteiger partial charge in [-0.3, -0.25) is 0 Å². The molecule has 0 amide bonds. The summed E-state index contributed by atoms with van der Waals surface area (Å²) in [6, 6.07) is 12.3. The minimum absolute atomic E-state index is 0.511. The second-order valence-electron chi connectivity index (χ2n) is 7.61. The van der Waals surface area contributed by atoms with Gasteiger partial charge in [0.15, 0.2) is 0 Å². The second-order valence-corrected chi connectivity index (χ2v) is 7.61. The SMILES string of the molecule is CC(C)C(NC1CCC2CCCCC2C1)c1ccccc1. The van der Waals surface area contributed by atoms with Crippen molar-refractivity contribution in [3.8, 4) is 0 Å². The maximum absolute atomic E-state index is 4.00. The molecule has 0 aliphatic heterocycles. The summed E-state index contributed by atoms with van der Waals surface area (Å²) in [6.45, 7) is 4.69. The van der Waals surface area contributed by atoms with Gasteiger partial charge in [0.1, 0.15) is 0 Å². The van der Waals surface area contributed by atoms with Crippen LogP contribution in [0.25, 0.3) is 0 Å². The van der Waals surface area contributed by atoms with Crippen molar-refractivity contribution >= 4 is 0 Å². The summed E-state index contributed by atoms with van der Waals surface area (Å²) >= 11 is 0. The molecule has 0 saturated heterocycles. The van der Waals surface area contributed by atoms with E-state index < -0.39 is 0 Å². The third kappa shape index (κ3) is 3.69. The van der Waals surface area contributed by atoms with Crippen LogP contribution in [0.1, 0.15) is 70.4 Å². The van der Waals surface area contributed by atoms with E-state index in [0.717, 1.165) is 17.9 Å². The molecule has 1 aromatic carbocycles. The molecule has 2 aliphatic carbocycles. The van der Waals surface area contributed by atoms with Gasteiger partial charge in [-0.1, -0.05) is 69.9 Å². The molecular weight excluding hydrogens is 254 g/mol. The van der Waals surface area contributed by atoms with E-state index in [9.17, 15) is 0 Å². The first-order valence-electron chi connectivity index (χ1n) is 9.05. The molecule has 0 aromatic heterocycles. The molecule has 0 spiro atoms. The largest absolute Gasteiger partial charge is 0.307 e. The number of nitrogens with one attached hydrogen (secondary N) is 1. The molecule has 2 saturated carbocycles. The summed E-state index contributed by atoms with van der Waals surface area (Å²) in [6.07, 6.45) is 10.2. The first kappa shape index (κ1) is 15.1. The van der Waals surface area contributed by atoms with Crippen molar-refractivity contribution < 1.29 is 0 Å². The molecule has 0 radical (unpaired) electrons. The van der Waals surface area contributed by atoms with Crippen LogP contribution in [0.15, 0.2) is 30.3 Å². The van der Waals surface area contributed by atoms with E-state index in [0.29, 0.717) is 12.0 Å². The van der Waals surface area contributed by atoms with Gasteiger partial charge in [-0.05, 0) is 42.6 Å². The third-order valence-electron chi connectivity index (χ3n) is 5.78. The summed E-state index contributed by atoms with van der Waals surface area (Å²) in [7, 11) is 0.